The molecule has 0 spiro atoms. The smallest absolute Gasteiger partial charge is 0.0509 e. The van der Waals surface area contributed by atoms with Gasteiger partial charge in [0.25, 0.3) is 0 Å². The Morgan fingerprint density at radius 3 is 2.76 bits per heavy atom. The SMILES string of the molecule is CN(C)C1CCN(C(CN)C2CCCOC2)C1. The van der Waals surface area contributed by atoms with Gasteiger partial charge in [-0.2, -0.15) is 0 Å². The zero-order chi connectivity index (χ0) is 12.3. The van der Waals surface area contributed by atoms with Crippen molar-refractivity contribution in [1.82, 2.24) is 9.80 Å². The Morgan fingerprint density at radius 1 is 1.41 bits per heavy atom. The first-order valence-corrected chi connectivity index (χ1v) is 6.90. The van der Waals surface area contributed by atoms with E-state index in [9.17, 15) is 0 Å². The fraction of sp³-hybridized carbons (Fsp3) is 1.00. The zero-order valence-electron chi connectivity index (χ0n) is 11.3. The van der Waals surface area contributed by atoms with Gasteiger partial charge in [0.05, 0.1) is 6.61 Å². The Morgan fingerprint density at radius 2 is 2.24 bits per heavy atom. The molecule has 2 saturated heterocycles. The average molecular weight is 241 g/mol. The van der Waals surface area contributed by atoms with Gasteiger partial charge in [-0.1, -0.05) is 0 Å². The van der Waals surface area contributed by atoms with Gasteiger partial charge >= 0.3 is 0 Å². The van der Waals surface area contributed by atoms with E-state index in [1.165, 1.54) is 32.4 Å². The van der Waals surface area contributed by atoms with Crippen LogP contribution in [0.2, 0.25) is 0 Å². The van der Waals surface area contributed by atoms with Gasteiger partial charge in [0.1, 0.15) is 0 Å². The second-order valence-corrected chi connectivity index (χ2v) is 5.68. The summed E-state index contributed by atoms with van der Waals surface area (Å²) >= 11 is 0. The number of rotatable bonds is 4. The summed E-state index contributed by atoms with van der Waals surface area (Å²) in [5.74, 6) is 0.648. The summed E-state index contributed by atoms with van der Waals surface area (Å²) in [6, 6.07) is 1.23. The minimum Gasteiger partial charge on any atom is -0.381 e. The summed E-state index contributed by atoms with van der Waals surface area (Å²) in [5, 5.41) is 0. The first-order valence-electron chi connectivity index (χ1n) is 6.90. The fourth-order valence-electron chi connectivity index (χ4n) is 3.20. The second kappa shape index (κ2) is 6.14. The average Bonchev–Trinajstić information content (AvgIpc) is 2.81. The first kappa shape index (κ1) is 13.3. The molecule has 0 aromatic rings. The molecule has 0 saturated carbocycles. The molecule has 2 aliphatic heterocycles. The van der Waals surface area contributed by atoms with E-state index < -0.39 is 0 Å². The van der Waals surface area contributed by atoms with Crippen LogP contribution in [0.15, 0.2) is 0 Å². The van der Waals surface area contributed by atoms with Crippen molar-refractivity contribution in [3.05, 3.63) is 0 Å². The predicted molar refractivity (Wildman–Crippen MR) is 70.1 cm³/mol. The lowest BCUT2D eigenvalue weighted by atomic mass is 9.92. The summed E-state index contributed by atoms with van der Waals surface area (Å²) < 4.78 is 5.61. The molecule has 2 heterocycles. The van der Waals surface area contributed by atoms with Crippen LogP contribution in [-0.2, 0) is 4.74 Å². The molecule has 4 nitrogen and oxygen atoms in total. The number of likely N-dealkylation sites (N-methyl/N-ethyl adjacent to an activating group) is 1. The largest absolute Gasteiger partial charge is 0.381 e. The van der Waals surface area contributed by atoms with Crippen molar-refractivity contribution < 1.29 is 4.74 Å². The molecule has 3 unspecified atom stereocenters. The summed E-state index contributed by atoms with van der Waals surface area (Å²) in [6.07, 6.45) is 3.76. The molecule has 17 heavy (non-hydrogen) atoms. The molecule has 2 fully saturated rings. The fourth-order valence-corrected chi connectivity index (χ4v) is 3.20. The van der Waals surface area contributed by atoms with Crippen LogP contribution < -0.4 is 5.73 Å². The van der Waals surface area contributed by atoms with Crippen LogP contribution >= 0.6 is 0 Å². The molecule has 0 bridgehead atoms. The molecule has 0 aliphatic carbocycles. The van der Waals surface area contributed by atoms with Crippen molar-refractivity contribution in [2.24, 2.45) is 11.7 Å². The number of likely N-dealkylation sites (tertiary alicyclic amines) is 1. The molecule has 2 aliphatic rings. The van der Waals surface area contributed by atoms with E-state index in [1.54, 1.807) is 0 Å². The second-order valence-electron chi connectivity index (χ2n) is 5.68. The van der Waals surface area contributed by atoms with Crippen LogP contribution in [0.4, 0.5) is 0 Å². The third-order valence-corrected chi connectivity index (χ3v) is 4.38. The Bertz CT molecular complexity index is 229. The van der Waals surface area contributed by atoms with Crippen LogP contribution in [0, 0.1) is 5.92 Å². The highest BCUT2D eigenvalue weighted by molar-refractivity contribution is 4.89. The minimum absolute atomic E-state index is 0.528. The van der Waals surface area contributed by atoms with Crippen molar-refractivity contribution in [2.45, 2.75) is 31.3 Å². The molecule has 2 N–H and O–H groups in total. The highest BCUT2D eigenvalue weighted by Crippen LogP contribution is 2.25. The summed E-state index contributed by atoms with van der Waals surface area (Å²) in [7, 11) is 4.35. The molecule has 0 amide bonds. The maximum Gasteiger partial charge on any atom is 0.0509 e. The topological polar surface area (TPSA) is 41.7 Å². The van der Waals surface area contributed by atoms with Gasteiger partial charge in [0.15, 0.2) is 0 Å². The molecule has 0 aromatic heterocycles. The molecular formula is C13H27N3O. The lowest BCUT2D eigenvalue weighted by molar-refractivity contribution is 0.0155. The summed E-state index contributed by atoms with van der Waals surface area (Å²) in [5.41, 5.74) is 5.99. The van der Waals surface area contributed by atoms with Gasteiger partial charge in [-0.15, -0.1) is 0 Å². The predicted octanol–water partition coefficient (Wildman–Crippen LogP) is 0.376. The number of hydrogen-bond acceptors (Lipinski definition) is 4. The molecule has 3 atom stereocenters. The van der Waals surface area contributed by atoms with Crippen molar-refractivity contribution in [2.75, 3.05) is 46.9 Å². The molecular weight excluding hydrogens is 214 g/mol. The number of hydrogen-bond donors (Lipinski definition) is 1. The van der Waals surface area contributed by atoms with E-state index in [0.717, 1.165) is 19.8 Å². The Hall–Kier alpha value is -0.160. The normalized spacial score (nSPS) is 33.2. The van der Waals surface area contributed by atoms with E-state index in [4.69, 9.17) is 10.5 Å². The lowest BCUT2D eigenvalue weighted by Gasteiger charge is -2.36. The van der Waals surface area contributed by atoms with Crippen LogP contribution in [0.1, 0.15) is 19.3 Å². The maximum absolute atomic E-state index is 5.99. The number of nitrogens with zero attached hydrogens (tertiary/aromatic N) is 2. The van der Waals surface area contributed by atoms with E-state index >= 15 is 0 Å². The minimum atomic E-state index is 0.528. The van der Waals surface area contributed by atoms with E-state index in [-0.39, 0.29) is 0 Å². The van der Waals surface area contributed by atoms with Gasteiger partial charge in [-0.05, 0) is 39.3 Å². The van der Waals surface area contributed by atoms with Crippen molar-refractivity contribution in [3.8, 4) is 0 Å². The first-order chi connectivity index (χ1) is 8.22. The Kier molecular flexibility index (Phi) is 4.79. The number of nitrogens with two attached hydrogens (primary N) is 1. The molecule has 4 heteroatoms. The monoisotopic (exact) mass is 241 g/mol. The lowest BCUT2D eigenvalue weighted by Crippen LogP contribution is -2.48. The highest BCUT2D eigenvalue weighted by atomic mass is 16.5. The van der Waals surface area contributed by atoms with Gasteiger partial charge in [0, 0.05) is 38.3 Å². The van der Waals surface area contributed by atoms with Crippen molar-refractivity contribution in [3.63, 3.8) is 0 Å². The molecule has 2 rings (SSSR count). The summed E-state index contributed by atoms with van der Waals surface area (Å²) in [4.78, 5) is 4.93. The molecule has 0 aromatic carbocycles. The Labute approximate surface area is 105 Å². The van der Waals surface area contributed by atoms with Crippen molar-refractivity contribution in [1.29, 1.82) is 0 Å². The van der Waals surface area contributed by atoms with Crippen LogP contribution in [-0.4, -0.2) is 68.8 Å². The third kappa shape index (κ3) is 3.19. The number of ether oxygens (including phenoxy) is 1. The maximum atomic E-state index is 5.99. The Balaban J connectivity index is 1.90. The highest BCUT2D eigenvalue weighted by Gasteiger charge is 2.33. The van der Waals surface area contributed by atoms with E-state index in [1.807, 2.05) is 0 Å². The van der Waals surface area contributed by atoms with Crippen molar-refractivity contribution >= 4 is 0 Å². The molecule has 0 radical (unpaired) electrons. The van der Waals surface area contributed by atoms with Crippen LogP contribution in [0.5, 0.6) is 0 Å². The standard InChI is InChI=1S/C13H27N3O/c1-15(2)12-5-6-16(9-12)13(8-14)11-4-3-7-17-10-11/h11-13H,3-10,14H2,1-2H3. The summed E-state index contributed by atoms with van der Waals surface area (Å²) in [6.45, 7) is 4.99. The van der Waals surface area contributed by atoms with Gasteiger partial charge in [-0.25, -0.2) is 0 Å². The van der Waals surface area contributed by atoms with E-state index in [2.05, 4.69) is 23.9 Å². The zero-order valence-corrected chi connectivity index (χ0v) is 11.3. The van der Waals surface area contributed by atoms with Crippen LogP contribution in [0.25, 0.3) is 0 Å². The van der Waals surface area contributed by atoms with Crippen LogP contribution in [0.3, 0.4) is 0 Å². The third-order valence-electron chi connectivity index (χ3n) is 4.38. The van der Waals surface area contributed by atoms with E-state index in [0.29, 0.717) is 18.0 Å². The quantitative estimate of drug-likeness (QED) is 0.772. The molecule has 100 valence electrons. The van der Waals surface area contributed by atoms with Gasteiger partial charge in [0.2, 0.25) is 0 Å². The van der Waals surface area contributed by atoms with Gasteiger partial charge < -0.3 is 15.4 Å². The van der Waals surface area contributed by atoms with Gasteiger partial charge in [-0.3, -0.25) is 4.90 Å².